The molecule has 1 aliphatic rings. The van der Waals surface area contributed by atoms with Gasteiger partial charge in [-0.15, -0.1) is 0 Å². The summed E-state index contributed by atoms with van der Waals surface area (Å²) in [5.74, 6) is -0.0644. The molecule has 54 heavy (non-hydrogen) atoms. The summed E-state index contributed by atoms with van der Waals surface area (Å²) in [5, 5.41) is 12.6. The number of alkyl halides is 6. The van der Waals surface area contributed by atoms with Gasteiger partial charge in [0, 0.05) is 31.1 Å². The molecule has 1 aromatic heterocycles. The number of nitrogens with one attached hydrogen (secondary N) is 3. The molecule has 5 N–H and O–H groups in total. The lowest BCUT2D eigenvalue weighted by Crippen LogP contribution is -2.33. The summed E-state index contributed by atoms with van der Waals surface area (Å²) in [4.78, 5) is 8.58. The molecule has 1 fully saturated rings. The molecule has 20 heteroatoms. The van der Waals surface area contributed by atoms with Crippen molar-refractivity contribution in [3.63, 3.8) is 0 Å². The van der Waals surface area contributed by atoms with Crippen LogP contribution in [0.15, 0.2) is 76.5 Å². The van der Waals surface area contributed by atoms with E-state index >= 15 is 0 Å². The smallest absolute Gasteiger partial charge is 0.422 e. The fourth-order valence-electron chi connectivity index (χ4n) is 5.87. The maximum atomic E-state index is 13.2. The van der Waals surface area contributed by atoms with Crippen molar-refractivity contribution in [1.82, 2.24) is 14.7 Å². The molecular formula is C34H38F6N6O6S2. The monoisotopic (exact) mass is 804 g/mol. The van der Waals surface area contributed by atoms with Crippen molar-refractivity contribution in [2.75, 3.05) is 43.5 Å². The number of benzene rings is 3. The van der Waals surface area contributed by atoms with Gasteiger partial charge >= 0.3 is 12.4 Å². The SMILES string of the molecule is NS(=O)(=O)c1ccc(CCNc2nc(NC[C@H]3CC[C@H](CNS(=O)(=O)c4cc(OCC(F)(F)F)ccc4OCC(F)(F)F)CC3)nc3ccccc23)cc1. The van der Waals surface area contributed by atoms with E-state index in [4.69, 9.17) is 5.14 Å². The largest absolute Gasteiger partial charge is 0.484 e. The number of primary sulfonamides is 1. The van der Waals surface area contributed by atoms with Crippen LogP contribution in [-0.2, 0) is 26.5 Å². The van der Waals surface area contributed by atoms with Gasteiger partial charge in [-0.1, -0.05) is 24.3 Å². The summed E-state index contributed by atoms with van der Waals surface area (Å²) in [6.45, 7) is -2.54. The Morgan fingerprint density at radius 2 is 1.39 bits per heavy atom. The Morgan fingerprint density at radius 3 is 2.04 bits per heavy atom. The lowest BCUT2D eigenvalue weighted by Gasteiger charge is -2.29. The van der Waals surface area contributed by atoms with Gasteiger partial charge in [0.25, 0.3) is 0 Å². The second-order valence-electron chi connectivity index (χ2n) is 12.8. The van der Waals surface area contributed by atoms with Gasteiger partial charge in [0.1, 0.15) is 22.2 Å². The zero-order chi connectivity index (χ0) is 39.1. The Hall–Kier alpha value is -4.40. The fraction of sp³-hybridized carbons (Fsp3) is 0.412. The zero-order valence-electron chi connectivity index (χ0n) is 28.6. The van der Waals surface area contributed by atoms with E-state index in [-0.39, 0.29) is 23.3 Å². The quantitative estimate of drug-likeness (QED) is 0.0983. The summed E-state index contributed by atoms with van der Waals surface area (Å²) in [6.07, 6.45) is -6.22. The minimum Gasteiger partial charge on any atom is -0.484 e. The Labute approximate surface area is 308 Å². The van der Waals surface area contributed by atoms with Gasteiger partial charge in [-0.05, 0) is 85.9 Å². The number of nitrogens with zero attached hydrogens (tertiary/aromatic N) is 2. The average molecular weight is 805 g/mol. The number of hydrogen-bond donors (Lipinski definition) is 4. The minimum absolute atomic E-state index is 0.0329. The highest BCUT2D eigenvalue weighted by molar-refractivity contribution is 7.89. The Kier molecular flexibility index (Phi) is 12.8. The molecule has 1 aliphatic carbocycles. The second kappa shape index (κ2) is 17.0. The number of hydrogen-bond acceptors (Lipinski definition) is 10. The number of anilines is 2. The highest BCUT2D eigenvalue weighted by atomic mass is 32.2. The molecule has 0 unspecified atom stereocenters. The molecule has 0 saturated heterocycles. The molecular weight excluding hydrogens is 767 g/mol. The van der Waals surface area contributed by atoms with E-state index < -0.39 is 62.0 Å². The summed E-state index contributed by atoms with van der Waals surface area (Å²) < 4.78 is 138. The van der Waals surface area contributed by atoms with Gasteiger partial charge in [-0.25, -0.2) is 31.7 Å². The average Bonchev–Trinajstić information content (AvgIpc) is 3.11. The van der Waals surface area contributed by atoms with Gasteiger partial charge in [0.2, 0.25) is 26.0 Å². The number of para-hydroxylation sites is 1. The van der Waals surface area contributed by atoms with Crippen molar-refractivity contribution < 1.29 is 52.7 Å². The van der Waals surface area contributed by atoms with Crippen LogP contribution < -0.4 is 30.0 Å². The molecule has 1 heterocycles. The molecule has 4 aromatic rings. The number of fused-ring (bicyclic) bond motifs is 1. The molecule has 5 rings (SSSR count). The molecule has 1 saturated carbocycles. The van der Waals surface area contributed by atoms with Crippen LogP contribution in [0.2, 0.25) is 0 Å². The van der Waals surface area contributed by atoms with Crippen LogP contribution in [0.5, 0.6) is 11.5 Å². The van der Waals surface area contributed by atoms with E-state index in [0.717, 1.165) is 41.4 Å². The maximum Gasteiger partial charge on any atom is 0.422 e. The lowest BCUT2D eigenvalue weighted by molar-refractivity contribution is -0.154. The number of ether oxygens (including phenoxy) is 2. The predicted octanol–water partition coefficient (Wildman–Crippen LogP) is 6.01. The van der Waals surface area contributed by atoms with Crippen LogP contribution in [0, 0.1) is 11.8 Å². The number of nitrogens with two attached hydrogens (primary N) is 1. The summed E-state index contributed by atoms with van der Waals surface area (Å²) in [6, 6.07) is 16.2. The van der Waals surface area contributed by atoms with Gasteiger partial charge in [-0.3, -0.25) is 0 Å². The minimum atomic E-state index is -4.79. The third-order valence-electron chi connectivity index (χ3n) is 8.64. The number of aromatic nitrogens is 2. The van der Waals surface area contributed by atoms with Gasteiger partial charge in [0.05, 0.1) is 10.4 Å². The molecule has 0 aliphatic heterocycles. The van der Waals surface area contributed by atoms with Crippen molar-refractivity contribution in [3.05, 3.63) is 72.3 Å². The molecule has 3 aromatic carbocycles. The number of sulfonamides is 2. The van der Waals surface area contributed by atoms with E-state index in [1.807, 2.05) is 24.3 Å². The van der Waals surface area contributed by atoms with E-state index in [2.05, 4.69) is 34.8 Å². The molecule has 0 radical (unpaired) electrons. The van der Waals surface area contributed by atoms with Gasteiger partial charge in [-0.2, -0.15) is 31.3 Å². The normalized spacial score (nSPS) is 16.9. The second-order valence-corrected chi connectivity index (χ2v) is 16.1. The van der Waals surface area contributed by atoms with E-state index in [1.165, 1.54) is 12.1 Å². The van der Waals surface area contributed by atoms with E-state index in [0.29, 0.717) is 50.2 Å². The number of rotatable bonds is 16. The molecule has 0 spiro atoms. The van der Waals surface area contributed by atoms with Crippen molar-refractivity contribution in [2.24, 2.45) is 17.0 Å². The predicted molar refractivity (Wildman–Crippen MR) is 188 cm³/mol. The number of halogens is 6. The van der Waals surface area contributed by atoms with Crippen LogP contribution in [0.3, 0.4) is 0 Å². The molecule has 0 amide bonds. The Morgan fingerprint density at radius 1 is 0.759 bits per heavy atom. The fourth-order valence-corrected chi connectivity index (χ4v) is 7.66. The topological polar surface area (TPSA) is 175 Å². The van der Waals surface area contributed by atoms with Crippen LogP contribution in [0.1, 0.15) is 31.2 Å². The standard InChI is InChI=1S/C34H38F6N6O6S2/c35-33(36,37)20-51-25-11-14-29(52-21-34(38,39)40)30(17-25)54(49,50)44-19-24-7-5-23(6-8-24)18-43-32-45-28-4-2-1-3-27(28)31(46-32)42-16-15-22-9-12-26(13-10-22)53(41,47)48/h1-4,9-14,17,23-24,44H,5-8,15-16,18-21H2,(H2,41,47,48)(H2,42,43,45,46)/t23-,24-. The Balaban J connectivity index is 1.15. The van der Waals surface area contributed by atoms with Crippen LogP contribution in [0.25, 0.3) is 10.9 Å². The zero-order valence-corrected chi connectivity index (χ0v) is 30.2. The van der Waals surface area contributed by atoms with Gasteiger partial charge in [0.15, 0.2) is 13.2 Å². The third kappa shape index (κ3) is 12.1. The summed E-state index contributed by atoms with van der Waals surface area (Å²) in [7, 11) is -8.29. The van der Waals surface area contributed by atoms with Crippen molar-refractivity contribution >= 4 is 42.7 Å². The first-order chi connectivity index (χ1) is 25.3. The third-order valence-corrected chi connectivity index (χ3v) is 11.0. The van der Waals surface area contributed by atoms with Crippen molar-refractivity contribution in [3.8, 4) is 11.5 Å². The highest BCUT2D eigenvalue weighted by Crippen LogP contribution is 2.33. The summed E-state index contributed by atoms with van der Waals surface area (Å²) >= 11 is 0. The first-order valence-corrected chi connectivity index (χ1v) is 19.8. The van der Waals surface area contributed by atoms with E-state index in [1.54, 1.807) is 12.1 Å². The molecule has 0 bridgehead atoms. The van der Waals surface area contributed by atoms with E-state index in [9.17, 15) is 43.2 Å². The molecule has 12 nitrogen and oxygen atoms in total. The van der Waals surface area contributed by atoms with Crippen molar-refractivity contribution in [1.29, 1.82) is 0 Å². The van der Waals surface area contributed by atoms with Crippen LogP contribution >= 0.6 is 0 Å². The van der Waals surface area contributed by atoms with Crippen LogP contribution in [-0.4, -0.2) is 72.0 Å². The molecule has 294 valence electrons. The summed E-state index contributed by atoms with van der Waals surface area (Å²) in [5.41, 5.74) is 1.62. The highest BCUT2D eigenvalue weighted by Gasteiger charge is 2.32. The molecule has 0 atom stereocenters. The van der Waals surface area contributed by atoms with Crippen molar-refractivity contribution in [2.45, 2.75) is 54.2 Å². The van der Waals surface area contributed by atoms with Crippen LogP contribution in [0.4, 0.5) is 38.1 Å². The first-order valence-electron chi connectivity index (χ1n) is 16.7. The van der Waals surface area contributed by atoms with Gasteiger partial charge < -0.3 is 20.1 Å². The lowest BCUT2D eigenvalue weighted by atomic mass is 9.82. The maximum absolute atomic E-state index is 13.2. The Bertz CT molecular complexity index is 2110. The first kappa shape index (κ1) is 40.8.